The summed E-state index contributed by atoms with van der Waals surface area (Å²) in [5, 5.41) is 3.25. The first-order chi connectivity index (χ1) is 12.6. The number of amides is 1. The van der Waals surface area contributed by atoms with E-state index in [1.54, 1.807) is 13.0 Å². The van der Waals surface area contributed by atoms with Crippen LogP contribution in [0, 0.1) is 6.92 Å². The van der Waals surface area contributed by atoms with Crippen molar-refractivity contribution in [2.45, 2.75) is 13.8 Å². The van der Waals surface area contributed by atoms with Crippen molar-refractivity contribution >= 4 is 17.4 Å². The van der Waals surface area contributed by atoms with Gasteiger partial charge in [0.2, 0.25) is 0 Å². The minimum Gasteiger partial charge on any atom is -0.492 e. The van der Waals surface area contributed by atoms with Crippen LogP contribution in [0.25, 0.3) is 0 Å². The summed E-state index contributed by atoms with van der Waals surface area (Å²) in [6, 6.07) is 9.37. The average molecular weight is 355 g/mol. The number of nitrogens with one attached hydrogen (secondary N) is 1. The van der Waals surface area contributed by atoms with Crippen molar-refractivity contribution in [3.63, 3.8) is 0 Å². The van der Waals surface area contributed by atoms with Gasteiger partial charge in [-0.15, -0.1) is 0 Å². The van der Waals surface area contributed by atoms with Crippen LogP contribution in [-0.4, -0.2) is 65.5 Å². The van der Waals surface area contributed by atoms with Crippen LogP contribution in [0.3, 0.4) is 0 Å². The maximum absolute atomic E-state index is 12.8. The third kappa shape index (κ3) is 4.29. The van der Waals surface area contributed by atoms with E-state index in [1.165, 1.54) is 0 Å². The molecule has 0 saturated carbocycles. The Morgan fingerprint density at radius 1 is 1.19 bits per heavy atom. The number of piperazine rings is 1. The molecule has 2 aromatic rings. The first-order valence-electron chi connectivity index (χ1n) is 8.89. The number of anilines is 2. The molecule has 7 heteroatoms. The Bertz CT molecular complexity index is 772. The van der Waals surface area contributed by atoms with Crippen LogP contribution < -0.4 is 10.1 Å². The lowest BCUT2D eigenvalue weighted by Crippen LogP contribution is -2.47. The lowest BCUT2D eigenvalue weighted by molar-refractivity contribution is 0.0658. The molecule has 7 nitrogen and oxygen atoms in total. The van der Waals surface area contributed by atoms with Crippen molar-refractivity contribution in [3.8, 4) is 5.75 Å². The number of para-hydroxylation sites is 2. The maximum atomic E-state index is 12.8. The van der Waals surface area contributed by atoms with Gasteiger partial charge >= 0.3 is 0 Å². The molecule has 1 N–H and O–H groups in total. The molecule has 1 amide bonds. The number of carbonyl (C=O) groups is 1. The number of ether oxygens (including phenoxy) is 1. The summed E-state index contributed by atoms with van der Waals surface area (Å²) in [5.41, 5.74) is 1.23. The second-order valence-electron chi connectivity index (χ2n) is 6.34. The van der Waals surface area contributed by atoms with E-state index in [2.05, 4.69) is 27.2 Å². The molecule has 0 atom stereocenters. The smallest absolute Gasteiger partial charge is 0.272 e. The van der Waals surface area contributed by atoms with Crippen LogP contribution in [0.2, 0.25) is 0 Å². The number of nitrogens with zero attached hydrogens (tertiary/aromatic N) is 4. The first-order valence-corrected chi connectivity index (χ1v) is 8.89. The summed E-state index contributed by atoms with van der Waals surface area (Å²) in [4.78, 5) is 25.6. The molecular formula is C19H25N5O2. The normalized spacial score (nSPS) is 15.0. The third-order valence-electron chi connectivity index (χ3n) is 4.30. The van der Waals surface area contributed by atoms with E-state index in [1.807, 2.05) is 36.1 Å². The highest BCUT2D eigenvalue weighted by Gasteiger charge is 2.22. The van der Waals surface area contributed by atoms with Gasteiger partial charge in [-0.25, -0.2) is 9.97 Å². The molecule has 2 heterocycles. The van der Waals surface area contributed by atoms with Gasteiger partial charge in [0.1, 0.15) is 23.1 Å². The molecule has 1 aliphatic heterocycles. The van der Waals surface area contributed by atoms with Crippen LogP contribution in [0.5, 0.6) is 5.75 Å². The second-order valence-corrected chi connectivity index (χ2v) is 6.34. The van der Waals surface area contributed by atoms with Gasteiger partial charge in [0.05, 0.1) is 12.3 Å². The highest BCUT2D eigenvalue weighted by Crippen LogP contribution is 2.27. The third-order valence-corrected chi connectivity index (χ3v) is 4.30. The molecule has 1 aromatic carbocycles. The van der Waals surface area contributed by atoms with E-state index in [9.17, 15) is 4.79 Å². The minimum absolute atomic E-state index is 0.0512. The summed E-state index contributed by atoms with van der Waals surface area (Å²) in [5.74, 6) is 1.84. The van der Waals surface area contributed by atoms with E-state index in [-0.39, 0.29) is 5.91 Å². The van der Waals surface area contributed by atoms with Crippen molar-refractivity contribution in [2.24, 2.45) is 0 Å². The van der Waals surface area contributed by atoms with Crippen LogP contribution in [0.4, 0.5) is 11.5 Å². The number of aromatic nitrogens is 2. The van der Waals surface area contributed by atoms with Crippen molar-refractivity contribution in [1.82, 2.24) is 19.8 Å². The quantitative estimate of drug-likeness (QED) is 0.888. The Balaban J connectivity index is 1.81. The Hall–Kier alpha value is -2.67. The fourth-order valence-corrected chi connectivity index (χ4v) is 2.90. The Morgan fingerprint density at radius 2 is 1.92 bits per heavy atom. The molecular weight excluding hydrogens is 330 g/mol. The topological polar surface area (TPSA) is 70.6 Å². The average Bonchev–Trinajstić information content (AvgIpc) is 2.63. The molecule has 138 valence electrons. The zero-order chi connectivity index (χ0) is 18.5. The molecule has 3 rings (SSSR count). The highest BCUT2D eigenvalue weighted by molar-refractivity contribution is 5.93. The molecule has 0 spiro atoms. The minimum atomic E-state index is -0.0512. The van der Waals surface area contributed by atoms with E-state index >= 15 is 0 Å². The van der Waals surface area contributed by atoms with Crippen molar-refractivity contribution in [1.29, 1.82) is 0 Å². The fraction of sp³-hybridized carbons (Fsp3) is 0.421. The van der Waals surface area contributed by atoms with Gasteiger partial charge in [-0.1, -0.05) is 12.1 Å². The van der Waals surface area contributed by atoms with E-state index in [4.69, 9.17) is 4.74 Å². The van der Waals surface area contributed by atoms with Gasteiger partial charge < -0.3 is 19.9 Å². The van der Waals surface area contributed by atoms with Crippen LogP contribution in [0.1, 0.15) is 23.2 Å². The molecule has 1 saturated heterocycles. The van der Waals surface area contributed by atoms with Crippen LogP contribution in [0.15, 0.2) is 30.3 Å². The number of hydrogen-bond donors (Lipinski definition) is 1. The lowest BCUT2D eigenvalue weighted by Gasteiger charge is -2.32. The summed E-state index contributed by atoms with van der Waals surface area (Å²) in [6.07, 6.45) is 0. The van der Waals surface area contributed by atoms with Gasteiger partial charge in [0.15, 0.2) is 0 Å². The lowest BCUT2D eigenvalue weighted by atomic mass is 10.2. The molecule has 0 unspecified atom stereocenters. The summed E-state index contributed by atoms with van der Waals surface area (Å²) in [7, 11) is 2.06. The van der Waals surface area contributed by atoms with Crippen molar-refractivity contribution in [3.05, 3.63) is 41.9 Å². The monoisotopic (exact) mass is 355 g/mol. The van der Waals surface area contributed by atoms with E-state index < -0.39 is 0 Å². The second kappa shape index (κ2) is 8.14. The van der Waals surface area contributed by atoms with E-state index in [0.29, 0.717) is 37.0 Å². The van der Waals surface area contributed by atoms with Gasteiger partial charge in [-0.3, -0.25) is 4.79 Å². The van der Waals surface area contributed by atoms with Crippen LogP contribution in [-0.2, 0) is 0 Å². The molecule has 0 aliphatic carbocycles. The molecule has 1 aromatic heterocycles. The standard InChI is InChI=1S/C19H25N5O2/c1-4-26-17-8-6-5-7-15(17)22-18-13-16(20-14(2)21-18)19(25)24-11-9-23(3)10-12-24/h5-8,13H,4,9-12H2,1-3H3,(H,20,21,22). The summed E-state index contributed by atoms with van der Waals surface area (Å²) < 4.78 is 5.64. The van der Waals surface area contributed by atoms with Crippen molar-refractivity contribution in [2.75, 3.05) is 45.2 Å². The van der Waals surface area contributed by atoms with Gasteiger partial charge in [0, 0.05) is 32.2 Å². The predicted octanol–water partition coefficient (Wildman–Crippen LogP) is 2.31. The Morgan fingerprint density at radius 3 is 2.65 bits per heavy atom. The Kier molecular flexibility index (Phi) is 5.68. The Labute approximate surface area is 154 Å². The largest absolute Gasteiger partial charge is 0.492 e. The first kappa shape index (κ1) is 18.1. The predicted molar refractivity (Wildman–Crippen MR) is 101 cm³/mol. The van der Waals surface area contributed by atoms with Gasteiger partial charge in [-0.05, 0) is 33.0 Å². The SMILES string of the molecule is CCOc1ccccc1Nc1cc(C(=O)N2CCN(C)CC2)nc(C)n1. The molecule has 1 fully saturated rings. The number of aryl methyl sites for hydroxylation is 1. The highest BCUT2D eigenvalue weighted by atomic mass is 16.5. The zero-order valence-corrected chi connectivity index (χ0v) is 15.5. The summed E-state index contributed by atoms with van der Waals surface area (Å²) >= 11 is 0. The number of carbonyl (C=O) groups excluding carboxylic acids is 1. The maximum Gasteiger partial charge on any atom is 0.272 e. The number of rotatable bonds is 5. The molecule has 0 radical (unpaired) electrons. The van der Waals surface area contributed by atoms with Gasteiger partial charge in [0.25, 0.3) is 5.91 Å². The molecule has 26 heavy (non-hydrogen) atoms. The molecule has 0 bridgehead atoms. The molecule has 1 aliphatic rings. The van der Waals surface area contributed by atoms with Crippen LogP contribution >= 0.6 is 0 Å². The number of benzene rings is 1. The van der Waals surface area contributed by atoms with Gasteiger partial charge in [-0.2, -0.15) is 0 Å². The fourth-order valence-electron chi connectivity index (χ4n) is 2.90. The number of likely N-dealkylation sites (N-methyl/N-ethyl adjacent to an activating group) is 1. The number of hydrogen-bond acceptors (Lipinski definition) is 6. The van der Waals surface area contributed by atoms with Crippen molar-refractivity contribution < 1.29 is 9.53 Å². The summed E-state index contributed by atoms with van der Waals surface area (Å²) in [6.45, 7) is 7.50. The van der Waals surface area contributed by atoms with E-state index in [0.717, 1.165) is 24.5 Å². The zero-order valence-electron chi connectivity index (χ0n) is 15.5.